The maximum Gasteiger partial charge on any atom is 0.235 e. The molecule has 0 unspecified atom stereocenters. The summed E-state index contributed by atoms with van der Waals surface area (Å²) in [6, 6.07) is 0. The summed E-state index contributed by atoms with van der Waals surface area (Å²) < 4.78 is 0. The molecule has 4 heteroatoms. The molecule has 0 aromatic carbocycles. The third-order valence-corrected chi connectivity index (χ3v) is 6.14. The largest absolute Gasteiger partial charge is 0.369 e. The number of amides is 2. The smallest absolute Gasteiger partial charge is 0.235 e. The van der Waals surface area contributed by atoms with E-state index in [1.54, 1.807) is 0 Å². The monoisotopic (exact) mass is 410 g/mol. The zero-order valence-electron chi connectivity index (χ0n) is 19.8. The van der Waals surface area contributed by atoms with Crippen molar-refractivity contribution in [1.82, 2.24) is 5.32 Å². The highest BCUT2D eigenvalue weighted by Crippen LogP contribution is 2.32. The number of unbranched alkanes of at least 4 members (excludes halogenated alkanes) is 13. The summed E-state index contributed by atoms with van der Waals surface area (Å²) in [5.41, 5.74) is 4.84. The molecule has 3 N–H and O–H groups in total. The molecule has 0 aromatic rings. The number of carbonyl (C=O) groups is 2. The van der Waals surface area contributed by atoms with Crippen LogP contribution in [0.15, 0.2) is 0 Å². The van der Waals surface area contributed by atoms with Crippen molar-refractivity contribution in [3.05, 3.63) is 0 Å². The van der Waals surface area contributed by atoms with Crippen LogP contribution in [0.25, 0.3) is 0 Å². The number of primary amides is 1. The molecule has 0 saturated carbocycles. The molecule has 0 fully saturated rings. The normalized spacial score (nSPS) is 11.6. The summed E-state index contributed by atoms with van der Waals surface area (Å²) in [5.74, 6) is -0.547. The van der Waals surface area contributed by atoms with Gasteiger partial charge in [-0.2, -0.15) is 0 Å². The second-order valence-corrected chi connectivity index (χ2v) is 8.80. The van der Waals surface area contributed by atoms with Crippen molar-refractivity contribution in [2.45, 2.75) is 136 Å². The molecule has 0 aliphatic rings. The Kier molecular flexibility index (Phi) is 18.2. The molecule has 0 rings (SSSR count). The second kappa shape index (κ2) is 18.9. The van der Waals surface area contributed by atoms with Gasteiger partial charge in [0.15, 0.2) is 0 Å². The number of nitrogens with two attached hydrogens (primary N) is 1. The molecule has 172 valence electrons. The van der Waals surface area contributed by atoms with Crippen LogP contribution in [0, 0.1) is 5.41 Å². The molecule has 0 aliphatic heterocycles. The number of nitrogens with one attached hydrogen (secondary N) is 1. The van der Waals surface area contributed by atoms with E-state index in [1.807, 2.05) is 0 Å². The molecular formula is C25H50N2O2. The van der Waals surface area contributed by atoms with Crippen molar-refractivity contribution in [3.8, 4) is 0 Å². The summed E-state index contributed by atoms with van der Waals surface area (Å²) in [7, 11) is 0. The first-order valence-electron chi connectivity index (χ1n) is 12.6. The molecule has 29 heavy (non-hydrogen) atoms. The van der Waals surface area contributed by atoms with Gasteiger partial charge in [-0.3, -0.25) is 9.59 Å². The lowest BCUT2D eigenvalue weighted by Gasteiger charge is -2.29. The van der Waals surface area contributed by atoms with Crippen LogP contribution < -0.4 is 11.1 Å². The molecule has 0 saturated heterocycles. The minimum Gasteiger partial charge on any atom is -0.369 e. The van der Waals surface area contributed by atoms with Gasteiger partial charge in [-0.15, -0.1) is 0 Å². The molecule has 0 aromatic heterocycles. The van der Waals surface area contributed by atoms with E-state index in [0.717, 1.165) is 38.5 Å². The zero-order chi connectivity index (χ0) is 21.8. The van der Waals surface area contributed by atoms with E-state index in [-0.39, 0.29) is 5.91 Å². The molecule has 4 nitrogen and oxygen atoms in total. The highest BCUT2D eigenvalue weighted by atomic mass is 16.2. The Morgan fingerprint density at radius 3 is 1.41 bits per heavy atom. The Labute approximate surface area is 181 Å². The van der Waals surface area contributed by atoms with Crippen LogP contribution in [-0.4, -0.2) is 18.4 Å². The van der Waals surface area contributed by atoms with Crippen molar-refractivity contribution in [1.29, 1.82) is 0 Å². The lowest BCUT2D eigenvalue weighted by molar-refractivity contribution is -0.143. The SMILES string of the molecule is CCCCCCCCC(CCCCCCCC)(C(N)=O)C(=O)NCCCCCC. The zero-order valence-corrected chi connectivity index (χ0v) is 19.8. The van der Waals surface area contributed by atoms with Crippen LogP contribution in [0.1, 0.15) is 136 Å². The molecule has 0 atom stereocenters. The Bertz CT molecular complexity index is 394. The van der Waals surface area contributed by atoms with Crippen molar-refractivity contribution < 1.29 is 9.59 Å². The van der Waals surface area contributed by atoms with Crippen LogP contribution in [0.3, 0.4) is 0 Å². The van der Waals surface area contributed by atoms with Crippen LogP contribution in [0.4, 0.5) is 0 Å². The Morgan fingerprint density at radius 2 is 1.00 bits per heavy atom. The van der Waals surface area contributed by atoms with E-state index >= 15 is 0 Å². The van der Waals surface area contributed by atoms with Gasteiger partial charge in [0.1, 0.15) is 5.41 Å². The average Bonchev–Trinajstić information content (AvgIpc) is 2.71. The van der Waals surface area contributed by atoms with E-state index in [2.05, 4.69) is 26.1 Å². The van der Waals surface area contributed by atoms with Gasteiger partial charge < -0.3 is 11.1 Å². The molecule has 2 amide bonds. The maximum absolute atomic E-state index is 13.1. The third kappa shape index (κ3) is 13.0. The van der Waals surface area contributed by atoms with Gasteiger partial charge in [0.2, 0.25) is 11.8 Å². The van der Waals surface area contributed by atoms with Crippen LogP contribution in [0.5, 0.6) is 0 Å². The van der Waals surface area contributed by atoms with Crippen molar-refractivity contribution >= 4 is 11.8 Å². The van der Waals surface area contributed by atoms with Gasteiger partial charge in [0.05, 0.1) is 0 Å². The van der Waals surface area contributed by atoms with E-state index < -0.39 is 11.3 Å². The van der Waals surface area contributed by atoms with Gasteiger partial charge in [-0.05, 0) is 19.3 Å². The topological polar surface area (TPSA) is 72.2 Å². The lowest BCUT2D eigenvalue weighted by Crippen LogP contribution is -2.50. The molecule has 0 spiro atoms. The fourth-order valence-corrected chi connectivity index (χ4v) is 4.05. The average molecular weight is 411 g/mol. The van der Waals surface area contributed by atoms with Gasteiger partial charge in [-0.1, -0.05) is 117 Å². The van der Waals surface area contributed by atoms with Gasteiger partial charge in [-0.25, -0.2) is 0 Å². The van der Waals surface area contributed by atoms with Crippen LogP contribution >= 0.6 is 0 Å². The lowest BCUT2D eigenvalue weighted by atomic mass is 9.76. The molecule has 0 heterocycles. The summed E-state index contributed by atoms with van der Waals surface area (Å²) in [6.45, 7) is 7.26. The number of carbonyl (C=O) groups excluding carboxylic acids is 2. The molecule has 0 bridgehead atoms. The Morgan fingerprint density at radius 1 is 0.621 bits per heavy atom. The van der Waals surface area contributed by atoms with E-state index in [0.29, 0.717) is 19.4 Å². The highest BCUT2D eigenvalue weighted by molar-refractivity contribution is 6.04. The maximum atomic E-state index is 13.1. The summed E-state index contributed by atoms with van der Waals surface area (Å²) in [5, 5.41) is 3.05. The summed E-state index contributed by atoms with van der Waals surface area (Å²) in [4.78, 5) is 25.6. The first-order chi connectivity index (χ1) is 14.0. The van der Waals surface area contributed by atoms with Crippen LogP contribution in [0.2, 0.25) is 0 Å². The summed E-state index contributed by atoms with van der Waals surface area (Å²) >= 11 is 0. The van der Waals surface area contributed by atoms with Crippen molar-refractivity contribution in [2.75, 3.05) is 6.54 Å². The standard InChI is InChI=1S/C25H50N2O2/c1-4-7-10-13-15-17-20-25(23(26)28,21-18-16-14-11-8-5-2)24(29)27-22-19-12-9-6-3/h4-22H2,1-3H3,(H2,26,28)(H,27,29). The first-order valence-corrected chi connectivity index (χ1v) is 12.6. The predicted molar refractivity (Wildman–Crippen MR) is 125 cm³/mol. The van der Waals surface area contributed by atoms with Crippen LogP contribution in [-0.2, 0) is 9.59 Å². The van der Waals surface area contributed by atoms with E-state index in [1.165, 1.54) is 64.2 Å². The van der Waals surface area contributed by atoms with Gasteiger partial charge in [0, 0.05) is 6.54 Å². The molecule has 0 aliphatic carbocycles. The van der Waals surface area contributed by atoms with Gasteiger partial charge in [0.25, 0.3) is 0 Å². The number of rotatable bonds is 21. The van der Waals surface area contributed by atoms with Crippen molar-refractivity contribution in [2.24, 2.45) is 11.1 Å². The van der Waals surface area contributed by atoms with E-state index in [4.69, 9.17) is 5.73 Å². The fourth-order valence-electron chi connectivity index (χ4n) is 4.05. The number of hydrogen-bond acceptors (Lipinski definition) is 2. The second-order valence-electron chi connectivity index (χ2n) is 8.80. The molecular weight excluding hydrogens is 360 g/mol. The predicted octanol–water partition coefficient (Wildman–Crippen LogP) is 6.66. The number of hydrogen-bond donors (Lipinski definition) is 2. The highest BCUT2D eigenvalue weighted by Gasteiger charge is 2.42. The third-order valence-electron chi connectivity index (χ3n) is 6.14. The summed E-state index contributed by atoms with van der Waals surface area (Å²) in [6.07, 6.45) is 19.4. The minimum atomic E-state index is -1.01. The van der Waals surface area contributed by atoms with E-state index in [9.17, 15) is 9.59 Å². The van der Waals surface area contributed by atoms with Gasteiger partial charge >= 0.3 is 0 Å². The Hall–Kier alpha value is -1.06. The van der Waals surface area contributed by atoms with Crippen molar-refractivity contribution in [3.63, 3.8) is 0 Å². The Balaban J connectivity index is 4.74. The molecule has 0 radical (unpaired) electrons. The first kappa shape index (κ1) is 27.9. The minimum absolute atomic E-state index is 0.122. The fraction of sp³-hybridized carbons (Fsp3) is 0.920. The quantitative estimate of drug-likeness (QED) is 0.164.